The molecule has 0 bridgehead atoms. The number of piperazine rings is 1. The molecule has 26 heavy (non-hydrogen) atoms. The Hall–Kier alpha value is -1.95. The highest BCUT2D eigenvalue weighted by Gasteiger charge is 2.33. The summed E-state index contributed by atoms with van der Waals surface area (Å²) in [6.07, 6.45) is 5.34. The van der Waals surface area contributed by atoms with Crippen LogP contribution in [-0.2, 0) is 11.2 Å². The zero-order valence-corrected chi connectivity index (χ0v) is 16.1. The second kappa shape index (κ2) is 7.74. The molecule has 2 aromatic rings. The summed E-state index contributed by atoms with van der Waals surface area (Å²) in [4.78, 5) is 21.9. The number of amides is 1. The molecule has 5 nitrogen and oxygen atoms in total. The van der Waals surface area contributed by atoms with Gasteiger partial charge in [-0.2, -0.15) is 4.37 Å². The van der Waals surface area contributed by atoms with Crippen molar-refractivity contribution in [3.8, 4) is 0 Å². The van der Waals surface area contributed by atoms with Crippen LogP contribution in [0, 0.1) is 5.92 Å². The molecule has 2 aliphatic rings. The van der Waals surface area contributed by atoms with Crippen LogP contribution in [0.25, 0.3) is 0 Å². The van der Waals surface area contributed by atoms with E-state index in [9.17, 15) is 4.79 Å². The Balaban J connectivity index is 1.37. The summed E-state index contributed by atoms with van der Waals surface area (Å²) >= 11 is 1.47. The SMILES string of the molecule is C[C@H]1CN(c2nc(Cc3ccccc3)ns2)CCN1C(=O)C1CCCC1. The van der Waals surface area contributed by atoms with Gasteiger partial charge >= 0.3 is 0 Å². The fourth-order valence-electron chi connectivity index (χ4n) is 4.09. The lowest BCUT2D eigenvalue weighted by Crippen LogP contribution is -2.55. The maximum atomic E-state index is 12.7. The van der Waals surface area contributed by atoms with Gasteiger partial charge in [-0.3, -0.25) is 4.79 Å². The van der Waals surface area contributed by atoms with Crippen LogP contribution in [0.5, 0.6) is 0 Å². The summed E-state index contributed by atoms with van der Waals surface area (Å²) in [7, 11) is 0. The lowest BCUT2D eigenvalue weighted by atomic mass is 10.0. The third-order valence-electron chi connectivity index (χ3n) is 5.55. The van der Waals surface area contributed by atoms with Crippen molar-refractivity contribution in [1.29, 1.82) is 0 Å². The van der Waals surface area contributed by atoms with E-state index in [1.807, 2.05) is 18.2 Å². The smallest absolute Gasteiger partial charge is 0.226 e. The van der Waals surface area contributed by atoms with E-state index in [0.29, 0.717) is 5.91 Å². The van der Waals surface area contributed by atoms with Crippen LogP contribution in [-0.4, -0.2) is 45.8 Å². The monoisotopic (exact) mass is 370 g/mol. The third-order valence-corrected chi connectivity index (χ3v) is 6.36. The van der Waals surface area contributed by atoms with Crippen molar-refractivity contribution in [2.24, 2.45) is 5.92 Å². The first kappa shape index (κ1) is 17.5. The average Bonchev–Trinajstić information content (AvgIpc) is 3.34. The molecule has 4 rings (SSSR count). The molecular weight excluding hydrogens is 344 g/mol. The maximum Gasteiger partial charge on any atom is 0.226 e. The molecule has 2 heterocycles. The summed E-state index contributed by atoms with van der Waals surface area (Å²) in [5.74, 6) is 1.52. The average molecular weight is 371 g/mol. The summed E-state index contributed by atoms with van der Waals surface area (Å²) in [6.45, 7) is 4.65. The maximum absolute atomic E-state index is 12.7. The lowest BCUT2D eigenvalue weighted by molar-refractivity contribution is -0.137. The van der Waals surface area contributed by atoms with Gasteiger partial charge in [0.05, 0.1) is 0 Å². The van der Waals surface area contributed by atoms with Crippen LogP contribution in [0.3, 0.4) is 0 Å². The largest absolute Gasteiger partial charge is 0.343 e. The second-order valence-electron chi connectivity index (χ2n) is 7.46. The number of nitrogens with zero attached hydrogens (tertiary/aromatic N) is 4. The summed E-state index contributed by atoms with van der Waals surface area (Å²) in [5.41, 5.74) is 1.23. The number of hydrogen-bond acceptors (Lipinski definition) is 5. The first-order valence-corrected chi connectivity index (χ1v) is 10.4. The van der Waals surface area contributed by atoms with Gasteiger partial charge in [-0.05, 0) is 25.3 Å². The van der Waals surface area contributed by atoms with Crippen LogP contribution in [0.1, 0.15) is 44.0 Å². The van der Waals surface area contributed by atoms with Crippen molar-refractivity contribution in [2.75, 3.05) is 24.5 Å². The quantitative estimate of drug-likeness (QED) is 0.828. The van der Waals surface area contributed by atoms with Crippen molar-refractivity contribution in [2.45, 2.75) is 45.1 Å². The Kier molecular flexibility index (Phi) is 5.20. The van der Waals surface area contributed by atoms with Crippen molar-refractivity contribution < 1.29 is 4.79 Å². The first-order valence-electron chi connectivity index (χ1n) is 9.62. The molecule has 0 unspecified atom stereocenters. The first-order chi connectivity index (χ1) is 12.7. The topological polar surface area (TPSA) is 49.3 Å². The molecule has 138 valence electrons. The number of anilines is 1. The zero-order chi connectivity index (χ0) is 17.9. The molecule has 1 aliphatic heterocycles. The fourth-order valence-corrected chi connectivity index (χ4v) is 4.81. The van der Waals surface area contributed by atoms with Crippen LogP contribution < -0.4 is 4.90 Å². The van der Waals surface area contributed by atoms with Gasteiger partial charge in [-0.15, -0.1) is 0 Å². The highest BCUT2D eigenvalue weighted by atomic mass is 32.1. The molecule has 1 amide bonds. The van der Waals surface area contributed by atoms with E-state index in [2.05, 4.69) is 33.2 Å². The molecule has 1 aromatic heterocycles. The Morgan fingerprint density at radius 2 is 1.96 bits per heavy atom. The minimum absolute atomic E-state index is 0.235. The molecule has 0 N–H and O–H groups in total. The van der Waals surface area contributed by atoms with Crippen LogP contribution >= 0.6 is 11.5 Å². The van der Waals surface area contributed by atoms with Crippen molar-refractivity contribution in [3.05, 3.63) is 41.7 Å². The molecule has 1 aromatic carbocycles. The number of aromatic nitrogens is 2. The fraction of sp³-hybridized carbons (Fsp3) is 0.550. The number of carbonyl (C=O) groups is 1. The van der Waals surface area contributed by atoms with Crippen molar-refractivity contribution in [3.63, 3.8) is 0 Å². The third kappa shape index (κ3) is 3.75. The van der Waals surface area contributed by atoms with Gasteiger partial charge in [0, 0.05) is 49.5 Å². The predicted octanol–water partition coefficient (Wildman–Crippen LogP) is 3.36. The van der Waals surface area contributed by atoms with E-state index in [1.165, 1.54) is 29.9 Å². The summed E-state index contributed by atoms with van der Waals surface area (Å²) < 4.78 is 4.54. The Morgan fingerprint density at radius 1 is 1.19 bits per heavy atom. The van der Waals surface area contributed by atoms with E-state index in [1.54, 1.807) is 0 Å². The molecule has 2 fully saturated rings. The van der Waals surface area contributed by atoms with Crippen molar-refractivity contribution >= 4 is 22.6 Å². The molecule has 0 spiro atoms. The van der Waals surface area contributed by atoms with Crippen LogP contribution in [0.4, 0.5) is 5.13 Å². The molecule has 1 saturated heterocycles. The van der Waals surface area contributed by atoms with E-state index >= 15 is 0 Å². The number of hydrogen-bond donors (Lipinski definition) is 0. The van der Waals surface area contributed by atoms with Crippen LogP contribution in [0.15, 0.2) is 30.3 Å². The van der Waals surface area contributed by atoms with Gasteiger partial charge in [0.15, 0.2) is 0 Å². The van der Waals surface area contributed by atoms with Gasteiger partial charge in [0.2, 0.25) is 11.0 Å². The highest BCUT2D eigenvalue weighted by Crippen LogP contribution is 2.29. The minimum Gasteiger partial charge on any atom is -0.343 e. The summed E-state index contributed by atoms with van der Waals surface area (Å²) in [5, 5.41) is 0.982. The molecular formula is C20H26N4OS. The standard InChI is InChI=1S/C20H26N4OS/c1-15-14-23(11-12-24(15)19(25)17-9-5-6-10-17)20-21-18(22-26-20)13-16-7-3-2-4-8-16/h2-4,7-8,15,17H,5-6,9-14H2,1H3/t15-/m0/s1. The van der Waals surface area contributed by atoms with E-state index in [4.69, 9.17) is 4.98 Å². The molecule has 1 atom stereocenters. The Morgan fingerprint density at radius 3 is 2.69 bits per heavy atom. The van der Waals surface area contributed by atoms with E-state index < -0.39 is 0 Å². The number of rotatable bonds is 4. The van der Waals surface area contributed by atoms with Gasteiger partial charge in [-0.1, -0.05) is 43.2 Å². The van der Waals surface area contributed by atoms with Gasteiger partial charge < -0.3 is 9.80 Å². The van der Waals surface area contributed by atoms with Crippen molar-refractivity contribution in [1.82, 2.24) is 14.3 Å². The van der Waals surface area contributed by atoms with E-state index in [-0.39, 0.29) is 12.0 Å². The Bertz CT molecular complexity index is 741. The predicted molar refractivity (Wildman–Crippen MR) is 105 cm³/mol. The minimum atomic E-state index is 0.235. The highest BCUT2D eigenvalue weighted by molar-refractivity contribution is 7.09. The summed E-state index contributed by atoms with van der Waals surface area (Å²) in [6, 6.07) is 10.6. The van der Waals surface area contributed by atoms with Crippen LogP contribution in [0.2, 0.25) is 0 Å². The normalized spacial score (nSPS) is 21.3. The van der Waals surface area contributed by atoms with Gasteiger partial charge in [-0.25, -0.2) is 4.98 Å². The molecule has 6 heteroatoms. The van der Waals surface area contributed by atoms with Gasteiger partial charge in [0.1, 0.15) is 5.82 Å². The molecule has 0 radical (unpaired) electrons. The van der Waals surface area contributed by atoms with Gasteiger partial charge in [0.25, 0.3) is 0 Å². The molecule has 1 saturated carbocycles. The molecule has 1 aliphatic carbocycles. The Labute approximate surface area is 159 Å². The zero-order valence-electron chi connectivity index (χ0n) is 15.3. The number of carbonyl (C=O) groups excluding carboxylic acids is 1. The number of benzene rings is 1. The lowest BCUT2D eigenvalue weighted by Gasteiger charge is -2.40. The second-order valence-corrected chi connectivity index (χ2v) is 8.19. The van der Waals surface area contributed by atoms with E-state index in [0.717, 1.165) is 49.9 Å².